The maximum Gasteiger partial charge on any atom is 0.307 e. The molecule has 63 heavy (non-hydrogen) atoms. The number of anilines is 1. The molecule has 4 saturated heterocycles. The summed E-state index contributed by atoms with van der Waals surface area (Å²) in [6.07, 6.45) is 13.9. The smallest absolute Gasteiger partial charge is 0.307 e. The Hall–Kier alpha value is -5.23. The largest absolute Gasteiger partial charge is 0.481 e. The Balaban J connectivity index is 1.04. The monoisotopic (exact) mass is 855 g/mol. The topological polar surface area (TPSA) is 163 Å². The summed E-state index contributed by atoms with van der Waals surface area (Å²) in [5, 5.41) is 44.3. The fourth-order valence-electron chi connectivity index (χ4n) is 11.1. The standard InChI is InChI=1S/C52H65N5O6/c58-50(59)45(40-12-18-53-31-40)26-34-5-1-7-36(23-34)29-48-44(11-4-17-56-49(48)30-37-8-2-6-35(24-37)27-46(51(60)61)41-13-19-54-32-41)39-15-21-57(22-16-39)43-10-3-9-38(25-43)28-47(52(62)63)42-14-20-55-33-42/h1-11,17,23-25,39-42,45-47,53-56H,12-16,18-22,26-33H2,(H,58,59)(H,60,61)(H,62,63)/t40-,41-,42-,45-,46-,47-/m0/s1. The van der Waals surface area contributed by atoms with Crippen LogP contribution in [0.4, 0.5) is 5.69 Å². The van der Waals surface area contributed by atoms with Gasteiger partial charge in [0.2, 0.25) is 0 Å². The third-order valence-corrected chi connectivity index (χ3v) is 14.6. The Labute approximate surface area is 372 Å². The molecule has 3 aromatic carbocycles. The summed E-state index contributed by atoms with van der Waals surface area (Å²) in [6.45, 7) is 6.60. The van der Waals surface area contributed by atoms with E-state index >= 15 is 0 Å². The third-order valence-electron chi connectivity index (χ3n) is 14.6. The number of carboxylic acid groups (broad SMARTS) is 3. The Bertz CT molecular complexity index is 2170. The van der Waals surface area contributed by atoms with Gasteiger partial charge in [0.05, 0.1) is 17.8 Å². The number of rotatable bonds is 18. The average molecular weight is 856 g/mol. The predicted molar refractivity (Wildman–Crippen MR) is 246 cm³/mol. The number of nitrogens with one attached hydrogen (secondary N) is 4. The lowest BCUT2D eigenvalue weighted by Gasteiger charge is -2.36. The SMILES string of the molecule is O=C(O)[C@@H](Cc1cccc(CC2=C(Cc3cccc(C[C@H](C(=O)O)[C@H]4CCNC4)c3)C(C3CCN(c4cccc(C[C@H](C(=O)O)[C@H]5CCNC5)c4)CC3)=CC=CN2)c1)[C@H]1CCNC1. The number of hydrogen-bond acceptors (Lipinski definition) is 8. The maximum atomic E-state index is 12.5. The summed E-state index contributed by atoms with van der Waals surface area (Å²) in [4.78, 5) is 39.7. The van der Waals surface area contributed by atoms with E-state index in [1.54, 1.807) is 0 Å². The molecule has 6 atom stereocenters. The number of hydrogen-bond donors (Lipinski definition) is 7. The van der Waals surface area contributed by atoms with Crippen molar-refractivity contribution in [2.45, 2.75) is 64.2 Å². The molecular weight excluding hydrogens is 791 g/mol. The van der Waals surface area contributed by atoms with Crippen LogP contribution >= 0.6 is 0 Å². The van der Waals surface area contributed by atoms with Gasteiger partial charge in [-0.3, -0.25) is 14.4 Å². The minimum absolute atomic E-state index is 0.119. The predicted octanol–water partition coefficient (Wildman–Crippen LogP) is 6.24. The molecule has 0 unspecified atom stereocenters. The molecule has 7 N–H and O–H groups in total. The van der Waals surface area contributed by atoms with E-state index in [1.165, 1.54) is 11.1 Å². The second-order valence-electron chi connectivity index (χ2n) is 18.7. The van der Waals surface area contributed by atoms with E-state index in [1.807, 2.05) is 6.20 Å². The number of carbonyl (C=O) groups is 3. The van der Waals surface area contributed by atoms with Crippen LogP contribution in [0.1, 0.15) is 59.9 Å². The molecule has 5 heterocycles. The minimum Gasteiger partial charge on any atom is -0.481 e. The first kappa shape index (κ1) is 44.4. The average Bonchev–Trinajstić information content (AvgIpc) is 4.11. The molecule has 0 amide bonds. The van der Waals surface area contributed by atoms with E-state index in [0.29, 0.717) is 38.0 Å². The molecule has 0 aromatic heterocycles. The van der Waals surface area contributed by atoms with E-state index in [4.69, 9.17) is 0 Å². The number of piperidine rings is 1. The van der Waals surface area contributed by atoms with Crippen LogP contribution in [0.2, 0.25) is 0 Å². The number of aliphatic carboxylic acids is 3. The van der Waals surface area contributed by atoms with Crippen LogP contribution in [0.25, 0.3) is 0 Å². The van der Waals surface area contributed by atoms with Crippen molar-refractivity contribution in [1.29, 1.82) is 0 Å². The molecular formula is C52H65N5O6. The molecule has 0 bridgehead atoms. The Morgan fingerprint density at radius 1 is 0.587 bits per heavy atom. The van der Waals surface area contributed by atoms with Crippen molar-refractivity contribution < 1.29 is 29.7 Å². The van der Waals surface area contributed by atoms with Gasteiger partial charge < -0.3 is 41.5 Å². The molecule has 4 fully saturated rings. The summed E-state index contributed by atoms with van der Waals surface area (Å²) in [5.74, 6) is -2.74. The molecule has 3 aromatic rings. The molecule has 0 aliphatic carbocycles. The number of benzene rings is 3. The molecule has 8 rings (SSSR count). The van der Waals surface area contributed by atoms with E-state index in [2.05, 4.69) is 111 Å². The molecule has 0 saturated carbocycles. The Morgan fingerprint density at radius 2 is 1.05 bits per heavy atom. The van der Waals surface area contributed by atoms with Gasteiger partial charge in [0.15, 0.2) is 0 Å². The summed E-state index contributed by atoms with van der Waals surface area (Å²) >= 11 is 0. The van der Waals surface area contributed by atoms with E-state index < -0.39 is 35.7 Å². The quantitative estimate of drug-likeness (QED) is 0.0775. The van der Waals surface area contributed by atoms with Gasteiger partial charge in [-0.15, -0.1) is 0 Å². The zero-order valence-corrected chi connectivity index (χ0v) is 36.4. The second kappa shape index (κ2) is 21.0. The van der Waals surface area contributed by atoms with Crippen LogP contribution in [-0.4, -0.2) is 85.6 Å². The molecule has 11 heteroatoms. The van der Waals surface area contributed by atoms with Crippen molar-refractivity contribution in [2.24, 2.45) is 41.4 Å². The normalized spacial score (nSPS) is 23.2. The van der Waals surface area contributed by atoms with Gasteiger partial charge in [0, 0.05) is 37.1 Å². The fraction of sp³-hybridized carbons (Fsp3) is 0.481. The van der Waals surface area contributed by atoms with Crippen LogP contribution < -0.4 is 26.2 Å². The highest BCUT2D eigenvalue weighted by molar-refractivity contribution is 5.72. The van der Waals surface area contributed by atoms with Gasteiger partial charge in [0.25, 0.3) is 0 Å². The van der Waals surface area contributed by atoms with Crippen LogP contribution in [0, 0.1) is 41.4 Å². The molecule has 0 spiro atoms. The highest BCUT2D eigenvalue weighted by Crippen LogP contribution is 2.37. The first-order valence-electron chi connectivity index (χ1n) is 23.3. The lowest BCUT2D eigenvalue weighted by molar-refractivity contribution is -0.144. The van der Waals surface area contributed by atoms with Crippen molar-refractivity contribution in [3.63, 3.8) is 0 Å². The maximum absolute atomic E-state index is 12.5. The van der Waals surface area contributed by atoms with Crippen molar-refractivity contribution in [3.05, 3.63) is 136 Å². The summed E-state index contributed by atoms with van der Waals surface area (Å²) in [6, 6.07) is 25.4. The lowest BCUT2D eigenvalue weighted by Crippen LogP contribution is -2.35. The zero-order valence-electron chi connectivity index (χ0n) is 36.4. The highest BCUT2D eigenvalue weighted by Gasteiger charge is 2.34. The molecule has 11 nitrogen and oxygen atoms in total. The summed E-state index contributed by atoms with van der Waals surface area (Å²) < 4.78 is 0. The summed E-state index contributed by atoms with van der Waals surface area (Å²) in [5.41, 5.74) is 10.3. The number of carboxylic acids is 3. The fourth-order valence-corrected chi connectivity index (χ4v) is 11.1. The van der Waals surface area contributed by atoms with Gasteiger partial charge >= 0.3 is 17.9 Å². The summed E-state index contributed by atoms with van der Waals surface area (Å²) in [7, 11) is 0. The third kappa shape index (κ3) is 11.3. The van der Waals surface area contributed by atoms with Gasteiger partial charge in [-0.2, -0.15) is 0 Å². The van der Waals surface area contributed by atoms with E-state index in [-0.39, 0.29) is 17.8 Å². The van der Waals surface area contributed by atoms with Crippen molar-refractivity contribution in [2.75, 3.05) is 57.3 Å². The van der Waals surface area contributed by atoms with Crippen LogP contribution in [0.5, 0.6) is 0 Å². The first-order chi connectivity index (χ1) is 30.7. The first-order valence-corrected chi connectivity index (χ1v) is 23.3. The zero-order chi connectivity index (χ0) is 43.7. The molecule has 0 radical (unpaired) electrons. The highest BCUT2D eigenvalue weighted by atomic mass is 16.4. The Morgan fingerprint density at radius 3 is 1.52 bits per heavy atom. The van der Waals surface area contributed by atoms with Gasteiger partial charge in [-0.25, -0.2) is 0 Å². The van der Waals surface area contributed by atoms with Gasteiger partial charge in [0.1, 0.15) is 0 Å². The van der Waals surface area contributed by atoms with Crippen LogP contribution in [0.3, 0.4) is 0 Å². The van der Waals surface area contributed by atoms with Crippen molar-refractivity contribution in [1.82, 2.24) is 21.3 Å². The number of nitrogens with zero attached hydrogens (tertiary/aromatic N) is 1. The molecule has 5 aliphatic heterocycles. The van der Waals surface area contributed by atoms with Crippen LogP contribution in [-0.2, 0) is 46.5 Å². The van der Waals surface area contributed by atoms with Crippen molar-refractivity contribution >= 4 is 23.6 Å². The second-order valence-corrected chi connectivity index (χ2v) is 18.7. The molecule has 334 valence electrons. The number of allylic oxidation sites excluding steroid dienone is 5. The minimum atomic E-state index is -0.732. The van der Waals surface area contributed by atoms with E-state index in [0.717, 1.165) is 124 Å². The van der Waals surface area contributed by atoms with Gasteiger partial charge in [-0.05, 0) is 178 Å². The molecule has 5 aliphatic rings. The van der Waals surface area contributed by atoms with Crippen molar-refractivity contribution in [3.8, 4) is 0 Å². The lowest BCUT2D eigenvalue weighted by atomic mass is 9.80. The Kier molecular flexibility index (Phi) is 14.8. The van der Waals surface area contributed by atoms with E-state index in [9.17, 15) is 29.7 Å². The van der Waals surface area contributed by atoms with Crippen LogP contribution in [0.15, 0.2) is 108 Å². The van der Waals surface area contributed by atoms with Gasteiger partial charge in [-0.1, -0.05) is 66.7 Å².